The molecule has 0 aromatic heterocycles. The highest BCUT2D eigenvalue weighted by Gasteiger charge is 2.20. The zero-order valence-electron chi connectivity index (χ0n) is 14.1. The van der Waals surface area contributed by atoms with Crippen LogP contribution in [-0.4, -0.2) is 30.9 Å². The first-order valence-corrected chi connectivity index (χ1v) is 8.75. The number of rotatable bonds is 6. The molecule has 0 radical (unpaired) electrons. The van der Waals surface area contributed by atoms with Crippen LogP contribution in [0.4, 0.5) is 18.9 Å². The Bertz CT molecular complexity index is 989. The highest BCUT2D eigenvalue weighted by Crippen LogP contribution is 2.31. The Morgan fingerprint density at radius 1 is 0.897 bits per heavy atom. The van der Waals surface area contributed by atoms with Crippen molar-refractivity contribution < 1.29 is 32.3 Å². The fourth-order valence-corrected chi connectivity index (χ4v) is 2.65. The number of hydrogen-bond acceptors (Lipinski definition) is 4. The number of esters is 1. The lowest BCUT2D eigenvalue weighted by molar-refractivity contribution is -0.126. The van der Waals surface area contributed by atoms with Crippen molar-refractivity contribution in [3.63, 3.8) is 0 Å². The summed E-state index contributed by atoms with van der Waals surface area (Å²) < 4.78 is 44.2. The SMILES string of the molecule is O=C(COC(=O)c1c(Cl)ccc(Cl)c1Cl)NCC(=O)Nc1ccc(F)c(F)c1F. The molecule has 12 heteroatoms. The number of carbonyl (C=O) groups is 3. The minimum absolute atomic E-state index is 0.0438. The summed E-state index contributed by atoms with van der Waals surface area (Å²) in [7, 11) is 0. The lowest BCUT2D eigenvalue weighted by Gasteiger charge is -2.10. The Hall–Kier alpha value is -2.49. The fourth-order valence-electron chi connectivity index (χ4n) is 1.96. The van der Waals surface area contributed by atoms with Crippen molar-refractivity contribution in [2.45, 2.75) is 0 Å². The van der Waals surface area contributed by atoms with Crippen molar-refractivity contribution in [1.82, 2.24) is 5.32 Å². The van der Waals surface area contributed by atoms with E-state index in [-0.39, 0.29) is 20.6 Å². The van der Waals surface area contributed by atoms with Gasteiger partial charge in [0.1, 0.15) is 0 Å². The van der Waals surface area contributed by atoms with Crippen molar-refractivity contribution >= 4 is 58.3 Å². The minimum atomic E-state index is -1.75. The summed E-state index contributed by atoms with van der Waals surface area (Å²) in [5, 5.41) is 3.89. The number of benzene rings is 2. The summed E-state index contributed by atoms with van der Waals surface area (Å²) in [6.45, 7) is -1.45. The quantitative estimate of drug-likeness (QED) is 0.381. The number of amides is 2. The summed E-state index contributed by atoms with van der Waals surface area (Å²) in [6.07, 6.45) is 0. The molecular weight excluding hydrogens is 460 g/mol. The van der Waals surface area contributed by atoms with Gasteiger partial charge in [0.15, 0.2) is 24.1 Å². The van der Waals surface area contributed by atoms with Crippen LogP contribution in [0.3, 0.4) is 0 Å². The number of nitrogens with one attached hydrogen (secondary N) is 2. The monoisotopic (exact) mass is 468 g/mol. The predicted molar refractivity (Wildman–Crippen MR) is 99.7 cm³/mol. The van der Waals surface area contributed by atoms with Gasteiger partial charge in [-0.1, -0.05) is 34.8 Å². The zero-order chi connectivity index (χ0) is 21.7. The average Bonchev–Trinajstić information content (AvgIpc) is 2.68. The molecule has 0 heterocycles. The summed E-state index contributed by atoms with van der Waals surface area (Å²) >= 11 is 17.5. The Kier molecular flexibility index (Phi) is 7.72. The van der Waals surface area contributed by atoms with E-state index in [1.807, 2.05) is 5.32 Å². The first-order valence-electron chi connectivity index (χ1n) is 7.62. The number of carbonyl (C=O) groups excluding carboxylic acids is 3. The molecule has 0 fully saturated rings. The van der Waals surface area contributed by atoms with Crippen molar-refractivity contribution in [2.75, 3.05) is 18.5 Å². The Morgan fingerprint density at radius 3 is 2.24 bits per heavy atom. The summed E-state index contributed by atoms with van der Waals surface area (Å²) in [5.74, 6) is -7.60. The number of anilines is 1. The molecule has 2 aromatic rings. The van der Waals surface area contributed by atoms with Gasteiger partial charge in [0.25, 0.3) is 5.91 Å². The topological polar surface area (TPSA) is 84.5 Å². The number of ether oxygens (including phenoxy) is 1. The van der Waals surface area contributed by atoms with E-state index >= 15 is 0 Å². The van der Waals surface area contributed by atoms with Crippen LogP contribution >= 0.6 is 34.8 Å². The lowest BCUT2D eigenvalue weighted by Crippen LogP contribution is -2.35. The molecule has 2 N–H and O–H groups in total. The number of halogens is 6. The van der Waals surface area contributed by atoms with Crippen LogP contribution in [0.2, 0.25) is 15.1 Å². The van der Waals surface area contributed by atoms with E-state index in [2.05, 4.69) is 5.32 Å². The van der Waals surface area contributed by atoms with E-state index < -0.39 is 54.1 Å². The molecule has 0 aliphatic carbocycles. The standard InChI is InChI=1S/C17H10Cl3F3N2O4/c18-7-1-2-8(19)14(20)13(7)17(28)29-6-12(27)24-5-11(26)25-10-4-3-9(21)15(22)16(10)23/h1-4H,5-6H2,(H,24,27)(H,25,26). The van der Waals surface area contributed by atoms with Crippen LogP contribution in [0.15, 0.2) is 24.3 Å². The molecule has 0 unspecified atom stereocenters. The zero-order valence-corrected chi connectivity index (χ0v) is 16.4. The van der Waals surface area contributed by atoms with Crippen LogP contribution in [-0.2, 0) is 14.3 Å². The third-order valence-electron chi connectivity index (χ3n) is 3.34. The van der Waals surface area contributed by atoms with E-state index in [0.29, 0.717) is 6.07 Å². The van der Waals surface area contributed by atoms with Gasteiger partial charge in [-0.25, -0.2) is 18.0 Å². The van der Waals surface area contributed by atoms with Crippen LogP contribution in [0.1, 0.15) is 10.4 Å². The molecule has 154 valence electrons. The van der Waals surface area contributed by atoms with E-state index in [9.17, 15) is 27.6 Å². The maximum atomic E-state index is 13.5. The molecule has 0 saturated carbocycles. The van der Waals surface area contributed by atoms with E-state index in [1.165, 1.54) is 12.1 Å². The number of hydrogen-bond donors (Lipinski definition) is 2. The summed E-state index contributed by atoms with van der Waals surface area (Å²) in [6, 6.07) is 4.12. The highest BCUT2D eigenvalue weighted by atomic mass is 35.5. The van der Waals surface area contributed by atoms with Gasteiger partial charge in [-0.2, -0.15) is 0 Å². The summed E-state index contributed by atoms with van der Waals surface area (Å²) in [4.78, 5) is 35.4. The molecule has 0 aliphatic heterocycles. The highest BCUT2D eigenvalue weighted by molar-refractivity contribution is 6.46. The van der Waals surface area contributed by atoms with Crippen LogP contribution in [0.5, 0.6) is 0 Å². The maximum absolute atomic E-state index is 13.5. The second kappa shape index (κ2) is 9.82. The smallest absolute Gasteiger partial charge is 0.341 e. The van der Waals surface area contributed by atoms with E-state index in [4.69, 9.17) is 39.5 Å². The van der Waals surface area contributed by atoms with Gasteiger partial charge < -0.3 is 15.4 Å². The third kappa shape index (κ3) is 5.75. The first-order chi connectivity index (χ1) is 13.6. The van der Waals surface area contributed by atoms with Crippen molar-refractivity contribution in [3.05, 3.63) is 62.3 Å². The van der Waals surface area contributed by atoms with E-state index in [0.717, 1.165) is 6.07 Å². The summed E-state index contributed by atoms with van der Waals surface area (Å²) in [5.41, 5.74) is -0.847. The van der Waals surface area contributed by atoms with Crippen molar-refractivity contribution in [2.24, 2.45) is 0 Å². The van der Waals surface area contributed by atoms with Gasteiger partial charge >= 0.3 is 5.97 Å². The molecule has 2 aromatic carbocycles. The molecule has 2 amide bonds. The molecular formula is C17H10Cl3F3N2O4. The van der Waals surface area contributed by atoms with Gasteiger partial charge in [0.05, 0.1) is 32.9 Å². The molecule has 29 heavy (non-hydrogen) atoms. The second-order valence-corrected chi connectivity index (χ2v) is 6.53. The Balaban J connectivity index is 1.86. The van der Waals surface area contributed by atoms with Crippen molar-refractivity contribution in [1.29, 1.82) is 0 Å². The minimum Gasteiger partial charge on any atom is -0.452 e. The lowest BCUT2D eigenvalue weighted by atomic mass is 10.2. The van der Waals surface area contributed by atoms with Crippen molar-refractivity contribution in [3.8, 4) is 0 Å². The average molecular weight is 470 g/mol. The van der Waals surface area contributed by atoms with Gasteiger partial charge in [-0.15, -0.1) is 0 Å². The van der Waals surface area contributed by atoms with Gasteiger partial charge in [0, 0.05) is 0 Å². The molecule has 0 saturated heterocycles. The van der Waals surface area contributed by atoms with Gasteiger partial charge in [-0.05, 0) is 24.3 Å². The van der Waals surface area contributed by atoms with Crippen LogP contribution < -0.4 is 10.6 Å². The third-order valence-corrected chi connectivity index (χ3v) is 4.46. The molecule has 0 spiro atoms. The van der Waals surface area contributed by atoms with Gasteiger partial charge in [-0.3, -0.25) is 9.59 Å². The predicted octanol–water partition coefficient (Wildman–Crippen LogP) is 3.98. The Morgan fingerprint density at radius 2 is 1.55 bits per heavy atom. The fraction of sp³-hybridized carbons (Fsp3) is 0.118. The molecule has 2 rings (SSSR count). The molecule has 0 atom stereocenters. The van der Waals surface area contributed by atoms with Crippen LogP contribution in [0, 0.1) is 17.5 Å². The maximum Gasteiger partial charge on any atom is 0.341 e. The van der Waals surface area contributed by atoms with Gasteiger partial charge in [0.2, 0.25) is 5.91 Å². The normalized spacial score (nSPS) is 10.4. The Labute approximate surface area is 176 Å². The largest absolute Gasteiger partial charge is 0.452 e. The second-order valence-electron chi connectivity index (χ2n) is 5.34. The van der Waals surface area contributed by atoms with E-state index in [1.54, 1.807) is 0 Å². The molecule has 6 nitrogen and oxygen atoms in total. The molecule has 0 bridgehead atoms. The molecule has 0 aliphatic rings. The van der Waals surface area contributed by atoms with Crippen LogP contribution in [0.25, 0.3) is 0 Å². The first kappa shape index (κ1) is 22.8.